The number of pyridine rings is 1. The molecule has 2 N–H and O–H groups in total. The fraction of sp³-hybridized carbons (Fsp3) is 0.333. The number of hydrogen-bond donors (Lipinski definition) is 1. The molecule has 0 bridgehead atoms. The van der Waals surface area contributed by atoms with Gasteiger partial charge in [-0.1, -0.05) is 6.07 Å². The Labute approximate surface area is 95.1 Å². The molecule has 2 heterocycles. The van der Waals surface area contributed by atoms with Gasteiger partial charge < -0.3 is 5.73 Å². The van der Waals surface area contributed by atoms with Crippen LogP contribution < -0.4 is 5.73 Å². The summed E-state index contributed by atoms with van der Waals surface area (Å²) in [5.74, 6) is 0.868. The van der Waals surface area contributed by atoms with Crippen molar-refractivity contribution in [3.05, 3.63) is 41.9 Å². The Balaban J connectivity index is 2.40. The highest BCUT2D eigenvalue weighted by Gasteiger charge is 2.08. The Morgan fingerprint density at radius 3 is 2.94 bits per heavy atom. The summed E-state index contributed by atoms with van der Waals surface area (Å²) in [6.45, 7) is 4.00. The smallest absolute Gasteiger partial charge is 0.156 e. The molecule has 0 aliphatic carbocycles. The molecule has 0 saturated heterocycles. The maximum Gasteiger partial charge on any atom is 0.156 e. The Morgan fingerprint density at radius 2 is 2.31 bits per heavy atom. The Morgan fingerprint density at radius 1 is 1.50 bits per heavy atom. The zero-order valence-corrected chi connectivity index (χ0v) is 9.59. The van der Waals surface area contributed by atoms with E-state index in [2.05, 4.69) is 10.1 Å². The molecule has 0 aliphatic rings. The van der Waals surface area contributed by atoms with Crippen molar-refractivity contribution in [2.75, 3.05) is 0 Å². The van der Waals surface area contributed by atoms with E-state index >= 15 is 0 Å². The summed E-state index contributed by atoms with van der Waals surface area (Å²) in [6, 6.07) is 4.10. The van der Waals surface area contributed by atoms with Crippen molar-refractivity contribution in [1.29, 1.82) is 0 Å². The standard InChI is InChI=1S/C12H16N4/c1-9-7-15-16(8-9)12-11(6-10(2)13)4-3-5-14-12/h3-5,7-8,10H,6,13H2,1-2H3. The van der Waals surface area contributed by atoms with Gasteiger partial charge in [0.2, 0.25) is 0 Å². The van der Waals surface area contributed by atoms with Crippen molar-refractivity contribution in [3.63, 3.8) is 0 Å². The molecule has 0 spiro atoms. The third-order valence-corrected chi connectivity index (χ3v) is 2.34. The second-order valence-electron chi connectivity index (χ2n) is 4.13. The number of rotatable bonds is 3. The molecule has 2 aromatic rings. The topological polar surface area (TPSA) is 56.7 Å². The average molecular weight is 216 g/mol. The summed E-state index contributed by atoms with van der Waals surface area (Å²) in [6.07, 6.45) is 6.37. The maximum absolute atomic E-state index is 5.82. The lowest BCUT2D eigenvalue weighted by molar-refractivity contribution is 0.720. The summed E-state index contributed by atoms with van der Waals surface area (Å²) in [7, 11) is 0. The monoisotopic (exact) mass is 216 g/mol. The summed E-state index contributed by atoms with van der Waals surface area (Å²) in [4.78, 5) is 4.36. The highest BCUT2D eigenvalue weighted by Crippen LogP contribution is 2.12. The van der Waals surface area contributed by atoms with E-state index in [1.807, 2.05) is 38.4 Å². The van der Waals surface area contributed by atoms with Crippen LogP contribution in [0.4, 0.5) is 0 Å². The number of nitrogens with two attached hydrogens (primary N) is 1. The molecule has 0 aliphatic heterocycles. The molecule has 2 rings (SSSR count). The van der Waals surface area contributed by atoms with Gasteiger partial charge in [0, 0.05) is 18.4 Å². The minimum Gasteiger partial charge on any atom is -0.328 e. The van der Waals surface area contributed by atoms with Crippen molar-refractivity contribution in [2.45, 2.75) is 26.3 Å². The van der Waals surface area contributed by atoms with Crippen LogP contribution in [0.15, 0.2) is 30.7 Å². The molecule has 84 valence electrons. The molecule has 4 nitrogen and oxygen atoms in total. The fourth-order valence-electron chi connectivity index (χ4n) is 1.67. The van der Waals surface area contributed by atoms with Gasteiger partial charge >= 0.3 is 0 Å². The van der Waals surface area contributed by atoms with Gasteiger partial charge in [-0.3, -0.25) is 0 Å². The van der Waals surface area contributed by atoms with E-state index in [-0.39, 0.29) is 6.04 Å². The first kappa shape index (κ1) is 10.8. The van der Waals surface area contributed by atoms with Crippen LogP contribution in [0, 0.1) is 6.92 Å². The summed E-state index contributed by atoms with van der Waals surface area (Å²) < 4.78 is 1.80. The number of aromatic nitrogens is 3. The Hall–Kier alpha value is -1.68. The zero-order chi connectivity index (χ0) is 11.5. The van der Waals surface area contributed by atoms with Crippen molar-refractivity contribution in [3.8, 4) is 5.82 Å². The molecule has 0 aromatic carbocycles. The number of nitrogens with zero attached hydrogens (tertiary/aromatic N) is 3. The molecule has 0 saturated carbocycles. The lowest BCUT2D eigenvalue weighted by Crippen LogP contribution is -2.19. The van der Waals surface area contributed by atoms with Gasteiger partial charge in [-0.25, -0.2) is 9.67 Å². The maximum atomic E-state index is 5.82. The van der Waals surface area contributed by atoms with Crippen LogP contribution in [0.1, 0.15) is 18.1 Å². The van der Waals surface area contributed by atoms with E-state index in [1.54, 1.807) is 10.9 Å². The van der Waals surface area contributed by atoms with Crippen molar-refractivity contribution >= 4 is 0 Å². The predicted molar refractivity (Wildman–Crippen MR) is 63.4 cm³/mol. The van der Waals surface area contributed by atoms with Crippen LogP contribution in [0.2, 0.25) is 0 Å². The van der Waals surface area contributed by atoms with Crippen LogP contribution in [0.25, 0.3) is 5.82 Å². The second kappa shape index (κ2) is 4.45. The van der Waals surface area contributed by atoms with Crippen molar-refractivity contribution in [1.82, 2.24) is 14.8 Å². The van der Waals surface area contributed by atoms with Crippen LogP contribution >= 0.6 is 0 Å². The van der Waals surface area contributed by atoms with Crippen molar-refractivity contribution in [2.24, 2.45) is 5.73 Å². The van der Waals surface area contributed by atoms with Gasteiger partial charge in [-0.05, 0) is 37.5 Å². The third-order valence-electron chi connectivity index (χ3n) is 2.34. The summed E-state index contributed by atoms with van der Waals surface area (Å²) >= 11 is 0. The van der Waals surface area contributed by atoms with E-state index in [1.165, 1.54) is 0 Å². The van der Waals surface area contributed by atoms with Gasteiger partial charge in [0.1, 0.15) is 0 Å². The molecule has 2 aromatic heterocycles. The molecule has 0 radical (unpaired) electrons. The summed E-state index contributed by atoms with van der Waals surface area (Å²) in [5, 5.41) is 4.27. The first-order valence-electron chi connectivity index (χ1n) is 5.38. The molecule has 16 heavy (non-hydrogen) atoms. The van der Waals surface area contributed by atoms with Crippen LogP contribution in [-0.4, -0.2) is 20.8 Å². The highest BCUT2D eigenvalue weighted by atomic mass is 15.3. The fourth-order valence-corrected chi connectivity index (χ4v) is 1.67. The van der Waals surface area contributed by atoms with Crippen LogP contribution in [-0.2, 0) is 6.42 Å². The molecule has 1 unspecified atom stereocenters. The molecule has 1 atom stereocenters. The van der Waals surface area contributed by atoms with Gasteiger partial charge in [0.05, 0.1) is 6.20 Å². The largest absolute Gasteiger partial charge is 0.328 e. The minimum absolute atomic E-state index is 0.125. The molecular weight excluding hydrogens is 200 g/mol. The normalized spacial score (nSPS) is 12.7. The van der Waals surface area contributed by atoms with Gasteiger partial charge in [-0.2, -0.15) is 5.10 Å². The Bertz CT molecular complexity index is 473. The van der Waals surface area contributed by atoms with Gasteiger partial charge in [0.15, 0.2) is 5.82 Å². The van der Waals surface area contributed by atoms with E-state index in [4.69, 9.17) is 5.73 Å². The van der Waals surface area contributed by atoms with Gasteiger partial charge in [0.25, 0.3) is 0 Å². The summed E-state index contributed by atoms with van der Waals surface area (Å²) in [5.41, 5.74) is 8.07. The lowest BCUT2D eigenvalue weighted by Gasteiger charge is -2.10. The van der Waals surface area contributed by atoms with E-state index in [0.29, 0.717) is 0 Å². The average Bonchev–Trinajstić information content (AvgIpc) is 2.65. The quantitative estimate of drug-likeness (QED) is 0.845. The zero-order valence-electron chi connectivity index (χ0n) is 9.59. The van der Waals surface area contributed by atoms with Crippen LogP contribution in [0.3, 0.4) is 0 Å². The SMILES string of the molecule is Cc1cnn(-c2ncccc2CC(C)N)c1. The Kier molecular flexibility index (Phi) is 3.01. The first-order chi connectivity index (χ1) is 7.66. The molecule has 0 amide bonds. The van der Waals surface area contributed by atoms with E-state index < -0.39 is 0 Å². The lowest BCUT2D eigenvalue weighted by atomic mass is 10.1. The molecular formula is C12H16N4. The third kappa shape index (κ3) is 2.28. The van der Waals surface area contributed by atoms with Crippen LogP contribution in [0.5, 0.6) is 0 Å². The van der Waals surface area contributed by atoms with Crippen molar-refractivity contribution < 1.29 is 0 Å². The number of hydrogen-bond acceptors (Lipinski definition) is 3. The second-order valence-corrected chi connectivity index (χ2v) is 4.13. The number of aryl methyl sites for hydroxylation is 1. The predicted octanol–water partition coefficient (Wildman–Crippen LogP) is 1.47. The minimum atomic E-state index is 0.125. The van der Waals surface area contributed by atoms with E-state index in [9.17, 15) is 0 Å². The molecule has 0 fully saturated rings. The molecule has 4 heteroatoms. The van der Waals surface area contributed by atoms with E-state index in [0.717, 1.165) is 23.4 Å². The van der Waals surface area contributed by atoms with Gasteiger partial charge in [-0.15, -0.1) is 0 Å². The first-order valence-corrected chi connectivity index (χ1v) is 5.38. The highest BCUT2D eigenvalue weighted by molar-refractivity contribution is 5.33.